The number of rotatable bonds is 6. The lowest BCUT2D eigenvalue weighted by atomic mass is 10.1. The fraction of sp³-hybridized carbons (Fsp3) is 0.300. The molecule has 160 valence electrons. The quantitative estimate of drug-likeness (QED) is 0.709. The lowest BCUT2D eigenvalue weighted by Gasteiger charge is -2.34. The summed E-state index contributed by atoms with van der Waals surface area (Å²) in [5.41, 5.74) is 7.00. The van der Waals surface area contributed by atoms with Gasteiger partial charge in [0.1, 0.15) is 5.82 Å². The van der Waals surface area contributed by atoms with Crippen molar-refractivity contribution in [3.63, 3.8) is 0 Å². The van der Waals surface area contributed by atoms with Gasteiger partial charge >= 0.3 is 0 Å². The molecular formula is C20H23FN4O4S. The molecule has 0 saturated carbocycles. The Morgan fingerprint density at radius 1 is 1.10 bits per heavy atom. The van der Waals surface area contributed by atoms with Crippen LogP contribution in [0.5, 0.6) is 0 Å². The molecule has 2 amide bonds. The summed E-state index contributed by atoms with van der Waals surface area (Å²) in [5.74, 6) is -1.36. The van der Waals surface area contributed by atoms with Crippen molar-refractivity contribution in [2.24, 2.45) is 5.73 Å². The zero-order valence-electron chi connectivity index (χ0n) is 16.5. The van der Waals surface area contributed by atoms with E-state index in [1.807, 2.05) is 0 Å². The second-order valence-corrected chi connectivity index (χ2v) is 8.88. The highest BCUT2D eigenvalue weighted by atomic mass is 32.2. The molecule has 0 unspecified atom stereocenters. The second kappa shape index (κ2) is 8.80. The number of nitrogens with two attached hydrogens (primary N) is 1. The summed E-state index contributed by atoms with van der Waals surface area (Å²) in [5, 5.41) is 3.01. The predicted molar refractivity (Wildman–Crippen MR) is 110 cm³/mol. The summed E-state index contributed by atoms with van der Waals surface area (Å²) in [6.45, 7) is 2.45. The summed E-state index contributed by atoms with van der Waals surface area (Å²) < 4.78 is 39.9. The minimum Gasteiger partial charge on any atom is -0.376 e. The van der Waals surface area contributed by atoms with Gasteiger partial charge in [-0.3, -0.25) is 9.59 Å². The summed E-state index contributed by atoms with van der Waals surface area (Å²) in [4.78, 5) is 25.4. The van der Waals surface area contributed by atoms with Crippen LogP contribution in [0.1, 0.15) is 15.9 Å². The first-order chi connectivity index (χ1) is 14.2. The Bertz CT molecular complexity index is 1070. The Hall–Kier alpha value is -2.98. The van der Waals surface area contributed by atoms with E-state index in [2.05, 4.69) is 5.32 Å². The van der Waals surface area contributed by atoms with Crippen molar-refractivity contribution in [1.82, 2.24) is 9.21 Å². The lowest BCUT2D eigenvalue weighted by molar-refractivity contribution is -0.130. The van der Waals surface area contributed by atoms with Gasteiger partial charge in [-0.1, -0.05) is 12.1 Å². The molecule has 10 heteroatoms. The molecule has 2 aromatic rings. The van der Waals surface area contributed by atoms with Crippen molar-refractivity contribution in [3.05, 3.63) is 59.4 Å². The molecule has 0 radical (unpaired) electrons. The highest BCUT2D eigenvalue weighted by molar-refractivity contribution is 7.89. The Morgan fingerprint density at radius 2 is 1.77 bits per heavy atom. The molecule has 0 aromatic heterocycles. The normalized spacial score (nSPS) is 15.1. The standard InChI is InChI=1S/C20H23FN4O4S/c1-14-17(20(22)27)6-3-7-18(14)23-13-19(26)24-8-10-25(11-9-24)30(28,29)16-5-2-4-15(21)12-16/h2-7,12,23H,8-11,13H2,1H3,(H2,22,27). The van der Waals surface area contributed by atoms with Gasteiger partial charge in [0.05, 0.1) is 11.4 Å². The zero-order valence-corrected chi connectivity index (χ0v) is 17.3. The molecule has 3 N–H and O–H groups in total. The van der Waals surface area contributed by atoms with Crippen LogP contribution in [0.25, 0.3) is 0 Å². The van der Waals surface area contributed by atoms with Gasteiger partial charge in [0, 0.05) is 37.4 Å². The average molecular weight is 434 g/mol. The summed E-state index contributed by atoms with van der Waals surface area (Å²) in [6.07, 6.45) is 0. The van der Waals surface area contributed by atoms with Crippen LogP contribution in [0.3, 0.4) is 0 Å². The number of carbonyl (C=O) groups is 2. The third-order valence-electron chi connectivity index (χ3n) is 5.05. The highest BCUT2D eigenvalue weighted by Gasteiger charge is 2.30. The molecule has 1 heterocycles. The van der Waals surface area contributed by atoms with Gasteiger partial charge < -0.3 is 16.0 Å². The van der Waals surface area contributed by atoms with E-state index in [4.69, 9.17) is 5.73 Å². The van der Waals surface area contributed by atoms with Gasteiger partial charge in [-0.2, -0.15) is 4.31 Å². The first-order valence-electron chi connectivity index (χ1n) is 9.37. The number of halogens is 1. The van der Waals surface area contributed by atoms with Crippen LogP contribution in [-0.4, -0.2) is 62.2 Å². The van der Waals surface area contributed by atoms with Gasteiger partial charge in [-0.15, -0.1) is 0 Å². The SMILES string of the molecule is Cc1c(NCC(=O)N2CCN(S(=O)(=O)c3cccc(F)c3)CC2)cccc1C(N)=O. The van der Waals surface area contributed by atoms with Gasteiger partial charge in [-0.25, -0.2) is 12.8 Å². The Morgan fingerprint density at radius 3 is 2.40 bits per heavy atom. The fourth-order valence-electron chi connectivity index (χ4n) is 3.33. The molecule has 1 saturated heterocycles. The minimum absolute atomic E-state index is 0.000296. The predicted octanol–water partition coefficient (Wildman–Crippen LogP) is 1.18. The number of piperazine rings is 1. The van der Waals surface area contributed by atoms with Crippen molar-refractivity contribution < 1.29 is 22.4 Å². The number of nitrogens with zero attached hydrogens (tertiary/aromatic N) is 2. The van der Waals surface area contributed by atoms with Crippen molar-refractivity contribution in [2.45, 2.75) is 11.8 Å². The molecule has 8 nitrogen and oxygen atoms in total. The van der Waals surface area contributed by atoms with Gasteiger partial charge in [-0.05, 0) is 42.8 Å². The van der Waals surface area contributed by atoms with E-state index in [0.717, 1.165) is 6.07 Å². The van der Waals surface area contributed by atoms with E-state index in [1.54, 1.807) is 30.0 Å². The van der Waals surface area contributed by atoms with Crippen LogP contribution in [0, 0.1) is 12.7 Å². The molecule has 3 rings (SSSR count). The molecule has 1 aliphatic heterocycles. The number of nitrogens with one attached hydrogen (secondary N) is 1. The Balaban J connectivity index is 1.58. The molecule has 0 aliphatic carbocycles. The van der Waals surface area contributed by atoms with Crippen LogP contribution >= 0.6 is 0 Å². The second-order valence-electron chi connectivity index (χ2n) is 6.94. The molecule has 30 heavy (non-hydrogen) atoms. The molecule has 0 spiro atoms. The van der Waals surface area contributed by atoms with Crippen LogP contribution < -0.4 is 11.1 Å². The van der Waals surface area contributed by atoms with Crippen molar-refractivity contribution in [2.75, 3.05) is 38.0 Å². The maximum atomic E-state index is 13.4. The monoisotopic (exact) mass is 434 g/mol. The number of anilines is 1. The van der Waals surface area contributed by atoms with Crippen molar-refractivity contribution in [1.29, 1.82) is 0 Å². The zero-order chi connectivity index (χ0) is 21.9. The van der Waals surface area contributed by atoms with Crippen LogP contribution in [0.15, 0.2) is 47.4 Å². The first kappa shape index (κ1) is 21.7. The number of amides is 2. The largest absolute Gasteiger partial charge is 0.376 e. The smallest absolute Gasteiger partial charge is 0.249 e. The van der Waals surface area contributed by atoms with E-state index < -0.39 is 21.7 Å². The molecule has 0 bridgehead atoms. The minimum atomic E-state index is -3.81. The Labute approximate surface area is 174 Å². The highest BCUT2D eigenvalue weighted by Crippen LogP contribution is 2.20. The van der Waals surface area contributed by atoms with Crippen LogP contribution in [0.4, 0.5) is 10.1 Å². The number of hydrogen-bond acceptors (Lipinski definition) is 5. The molecule has 2 aromatic carbocycles. The van der Waals surface area contributed by atoms with Crippen LogP contribution in [0.2, 0.25) is 0 Å². The third kappa shape index (κ3) is 4.60. The number of carbonyl (C=O) groups excluding carboxylic acids is 2. The van der Waals surface area contributed by atoms with Gasteiger partial charge in [0.15, 0.2) is 0 Å². The molecule has 0 atom stereocenters. The number of primary amides is 1. The maximum Gasteiger partial charge on any atom is 0.249 e. The number of sulfonamides is 1. The molecular weight excluding hydrogens is 411 g/mol. The van der Waals surface area contributed by atoms with Gasteiger partial charge in [0.25, 0.3) is 0 Å². The van der Waals surface area contributed by atoms with Crippen LogP contribution in [-0.2, 0) is 14.8 Å². The third-order valence-corrected chi connectivity index (χ3v) is 6.95. The lowest BCUT2D eigenvalue weighted by Crippen LogP contribution is -2.51. The topological polar surface area (TPSA) is 113 Å². The Kier molecular flexibility index (Phi) is 6.37. The molecule has 1 fully saturated rings. The van der Waals surface area contributed by atoms with E-state index in [9.17, 15) is 22.4 Å². The van der Waals surface area contributed by atoms with E-state index in [-0.39, 0.29) is 43.5 Å². The van der Waals surface area contributed by atoms with E-state index >= 15 is 0 Å². The summed E-state index contributed by atoms with van der Waals surface area (Å²) in [6, 6.07) is 9.91. The van der Waals surface area contributed by atoms with E-state index in [1.165, 1.54) is 22.5 Å². The summed E-state index contributed by atoms with van der Waals surface area (Å²) in [7, 11) is -3.81. The number of benzene rings is 2. The van der Waals surface area contributed by atoms with Crippen molar-refractivity contribution in [3.8, 4) is 0 Å². The average Bonchev–Trinajstić information content (AvgIpc) is 2.72. The van der Waals surface area contributed by atoms with Gasteiger partial charge in [0.2, 0.25) is 21.8 Å². The summed E-state index contributed by atoms with van der Waals surface area (Å²) >= 11 is 0. The van der Waals surface area contributed by atoms with Crippen molar-refractivity contribution >= 4 is 27.5 Å². The van der Waals surface area contributed by atoms with E-state index in [0.29, 0.717) is 16.8 Å². The molecule has 1 aliphatic rings. The fourth-order valence-corrected chi connectivity index (χ4v) is 4.79. The maximum absolute atomic E-state index is 13.4. The first-order valence-corrected chi connectivity index (χ1v) is 10.8. The number of hydrogen-bond donors (Lipinski definition) is 2.